The Kier molecular flexibility index (Phi) is 3.85. The smallest absolute Gasteiger partial charge is 0.410 e. The number of likely N-dealkylation sites (N-methyl/N-ethyl adjacent to an activating group) is 1. The van der Waals surface area contributed by atoms with Crippen LogP contribution in [0, 0.1) is 5.82 Å². The second kappa shape index (κ2) is 5.12. The zero-order chi connectivity index (χ0) is 14.2. The monoisotopic (exact) mass is 285 g/mol. The lowest BCUT2D eigenvalue weighted by molar-refractivity contribution is 0.0209. The largest absolute Gasteiger partial charge is 0.444 e. The van der Waals surface area contributed by atoms with E-state index in [0.717, 1.165) is 23.3 Å². The molecule has 1 aliphatic rings. The Morgan fingerprint density at radius 3 is 2.84 bits per heavy atom. The normalized spacial score (nSPS) is 18.9. The first-order chi connectivity index (χ1) is 8.78. The van der Waals surface area contributed by atoms with Gasteiger partial charge in [-0.25, -0.2) is 9.18 Å². The van der Waals surface area contributed by atoms with Crippen molar-refractivity contribution in [2.45, 2.75) is 51.7 Å². The number of amides is 1. The summed E-state index contributed by atoms with van der Waals surface area (Å²) in [4.78, 5) is 14.7. The average Bonchev–Trinajstić information content (AvgIpc) is 2.67. The van der Waals surface area contributed by atoms with Gasteiger partial charge in [-0.1, -0.05) is 0 Å². The van der Waals surface area contributed by atoms with Gasteiger partial charge in [0.1, 0.15) is 11.4 Å². The molecule has 0 bridgehead atoms. The van der Waals surface area contributed by atoms with Crippen LogP contribution in [0.2, 0.25) is 0 Å². The Morgan fingerprint density at radius 2 is 2.21 bits per heavy atom. The maximum atomic E-state index is 13.6. The molecule has 106 valence electrons. The molecule has 2 rings (SSSR count). The van der Waals surface area contributed by atoms with Gasteiger partial charge in [0.2, 0.25) is 0 Å². The van der Waals surface area contributed by atoms with E-state index in [1.165, 1.54) is 11.3 Å². The number of rotatable bonds is 1. The lowest BCUT2D eigenvalue weighted by atomic mass is 9.93. The minimum atomic E-state index is -0.501. The van der Waals surface area contributed by atoms with Gasteiger partial charge in [-0.05, 0) is 40.0 Å². The van der Waals surface area contributed by atoms with Crippen molar-refractivity contribution in [2.75, 3.05) is 7.05 Å². The minimum absolute atomic E-state index is 0.0199. The highest BCUT2D eigenvalue weighted by molar-refractivity contribution is 7.10. The van der Waals surface area contributed by atoms with Crippen LogP contribution in [0.4, 0.5) is 9.18 Å². The van der Waals surface area contributed by atoms with E-state index in [4.69, 9.17) is 4.74 Å². The van der Waals surface area contributed by atoms with Crippen LogP contribution in [-0.4, -0.2) is 29.7 Å². The summed E-state index contributed by atoms with van der Waals surface area (Å²) in [7, 11) is 1.73. The number of halogens is 1. The molecule has 0 radical (unpaired) electrons. The standard InChI is InChI=1S/C14H20FNO2S/c1-14(2,3)18-13(17)16(4)9-5-6-12-10(7-9)11(15)8-19-12/h8-9H,5-7H2,1-4H3. The van der Waals surface area contributed by atoms with Crippen molar-refractivity contribution in [1.29, 1.82) is 0 Å². The highest BCUT2D eigenvalue weighted by Crippen LogP contribution is 2.31. The first-order valence-corrected chi connectivity index (χ1v) is 7.36. The van der Waals surface area contributed by atoms with Gasteiger partial charge in [0.05, 0.1) is 0 Å². The van der Waals surface area contributed by atoms with E-state index >= 15 is 0 Å². The lowest BCUT2D eigenvalue weighted by Gasteiger charge is -2.32. The average molecular weight is 285 g/mol. The van der Waals surface area contributed by atoms with Crippen molar-refractivity contribution >= 4 is 17.4 Å². The van der Waals surface area contributed by atoms with E-state index in [-0.39, 0.29) is 18.0 Å². The van der Waals surface area contributed by atoms with Crippen LogP contribution in [0.1, 0.15) is 37.6 Å². The van der Waals surface area contributed by atoms with E-state index in [2.05, 4.69) is 0 Å². The van der Waals surface area contributed by atoms with Crippen molar-refractivity contribution in [3.05, 3.63) is 21.6 Å². The molecule has 0 N–H and O–H groups in total. The predicted octanol–water partition coefficient (Wildman–Crippen LogP) is 3.61. The molecule has 1 aromatic heterocycles. The Balaban J connectivity index is 2.04. The van der Waals surface area contributed by atoms with Crippen molar-refractivity contribution < 1.29 is 13.9 Å². The maximum absolute atomic E-state index is 13.6. The van der Waals surface area contributed by atoms with Gasteiger partial charge in [0.25, 0.3) is 0 Å². The van der Waals surface area contributed by atoms with Gasteiger partial charge < -0.3 is 9.64 Å². The van der Waals surface area contributed by atoms with Crippen LogP contribution < -0.4 is 0 Å². The van der Waals surface area contributed by atoms with Crippen LogP contribution in [0.5, 0.6) is 0 Å². The van der Waals surface area contributed by atoms with Crippen molar-refractivity contribution in [3.8, 4) is 0 Å². The third kappa shape index (κ3) is 3.26. The predicted molar refractivity (Wildman–Crippen MR) is 74.1 cm³/mol. The number of carbonyl (C=O) groups excluding carboxylic acids is 1. The first kappa shape index (κ1) is 14.3. The zero-order valence-electron chi connectivity index (χ0n) is 11.8. The molecule has 0 saturated carbocycles. The number of nitrogens with zero attached hydrogens (tertiary/aromatic N) is 1. The lowest BCUT2D eigenvalue weighted by Crippen LogP contribution is -2.43. The summed E-state index contributed by atoms with van der Waals surface area (Å²) in [6.45, 7) is 5.53. The summed E-state index contributed by atoms with van der Waals surface area (Å²) in [5.41, 5.74) is 0.273. The molecule has 1 aromatic rings. The van der Waals surface area contributed by atoms with Crippen LogP contribution >= 0.6 is 11.3 Å². The highest BCUT2D eigenvalue weighted by Gasteiger charge is 2.30. The topological polar surface area (TPSA) is 29.5 Å². The second-order valence-corrected chi connectivity index (χ2v) is 6.94. The van der Waals surface area contributed by atoms with E-state index in [9.17, 15) is 9.18 Å². The number of hydrogen-bond acceptors (Lipinski definition) is 3. The SMILES string of the molecule is CN(C(=O)OC(C)(C)C)C1CCc2scc(F)c2C1. The Hall–Kier alpha value is -1.10. The van der Waals surface area contributed by atoms with E-state index in [1.807, 2.05) is 20.8 Å². The minimum Gasteiger partial charge on any atom is -0.444 e. The van der Waals surface area contributed by atoms with E-state index in [1.54, 1.807) is 17.3 Å². The molecule has 0 aliphatic heterocycles. The molecule has 3 nitrogen and oxygen atoms in total. The summed E-state index contributed by atoms with van der Waals surface area (Å²) >= 11 is 1.47. The van der Waals surface area contributed by atoms with E-state index in [0.29, 0.717) is 6.42 Å². The fourth-order valence-electron chi connectivity index (χ4n) is 2.27. The Bertz CT molecular complexity index is 478. The molecule has 1 amide bonds. The highest BCUT2D eigenvalue weighted by atomic mass is 32.1. The molecule has 1 unspecified atom stereocenters. The number of carbonyl (C=O) groups is 1. The van der Waals surface area contributed by atoms with Gasteiger partial charge >= 0.3 is 6.09 Å². The third-order valence-corrected chi connectivity index (χ3v) is 4.36. The molecule has 1 aliphatic carbocycles. The number of thiophene rings is 1. The van der Waals surface area contributed by atoms with Gasteiger partial charge in [0.15, 0.2) is 0 Å². The molecule has 0 fully saturated rings. The Morgan fingerprint density at radius 1 is 1.53 bits per heavy atom. The maximum Gasteiger partial charge on any atom is 0.410 e. The summed E-state index contributed by atoms with van der Waals surface area (Å²) in [6, 6.07) is 0.0199. The van der Waals surface area contributed by atoms with Crippen LogP contribution in [0.3, 0.4) is 0 Å². The summed E-state index contributed by atoms with van der Waals surface area (Å²) in [5, 5.41) is 1.56. The van der Waals surface area contributed by atoms with Crippen LogP contribution in [0.15, 0.2) is 5.38 Å². The molecular weight excluding hydrogens is 265 g/mol. The quantitative estimate of drug-likeness (QED) is 0.789. The number of ether oxygens (including phenoxy) is 1. The summed E-state index contributed by atoms with van der Waals surface area (Å²) in [6.07, 6.45) is 1.95. The van der Waals surface area contributed by atoms with Gasteiger partial charge in [-0.3, -0.25) is 0 Å². The summed E-state index contributed by atoms with van der Waals surface area (Å²) in [5.74, 6) is -0.137. The van der Waals surface area contributed by atoms with Gasteiger partial charge in [-0.15, -0.1) is 11.3 Å². The molecule has 1 atom stereocenters. The van der Waals surface area contributed by atoms with Crippen molar-refractivity contribution in [3.63, 3.8) is 0 Å². The molecular formula is C14H20FNO2S. The fourth-order valence-corrected chi connectivity index (χ4v) is 3.22. The molecule has 0 spiro atoms. The number of aryl methyl sites for hydroxylation is 1. The van der Waals surface area contributed by atoms with E-state index < -0.39 is 5.60 Å². The van der Waals surface area contributed by atoms with Gasteiger partial charge in [-0.2, -0.15) is 0 Å². The molecule has 1 heterocycles. The first-order valence-electron chi connectivity index (χ1n) is 6.48. The van der Waals surface area contributed by atoms with Crippen molar-refractivity contribution in [2.24, 2.45) is 0 Å². The fraction of sp³-hybridized carbons (Fsp3) is 0.643. The van der Waals surface area contributed by atoms with Crippen LogP contribution in [0.25, 0.3) is 0 Å². The molecule has 0 aromatic carbocycles. The molecule has 19 heavy (non-hydrogen) atoms. The number of fused-ring (bicyclic) bond motifs is 1. The Labute approximate surface area is 117 Å². The third-order valence-electron chi connectivity index (χ3n) is 3.30. The summed E-state index contributed by atoms with van der Waals surface area (Å²) < 4.78 is 19.0. The molecule has 0 saturated heterocycles. The van der Waals surface area contributed by atoms with Crippen molar-refractivity contribution in [1.82, 2.24) is 4.90 Å². The van der Waals surface area contributed by atoms with Gasteiger partial charge in [0, 0.05) is 28.9 Å². The zero-order valence-corrected chi connectivity index (χ0v) is 12.6. The molecule has 5 heteroatoms. The number of hydrogen-bond donors (Lipinski definition) is 0. The van der Waals surface area contributed by atoms with Crippen LogP contribution in [-0.2, 0) is 17.6 Å². The second-order valence-electron chi connectivity index (χ2n) is 5.97.